The Labute approximate surface area is 156 Å². The first kappa shape index (κ1) is 19.2. The summed E-state index contributed by atoms with van der Waals surface area (Å²) < 4.78 is 16.2. The van der Waals surface area contributed by atoms with Gasteiger partial charge in [0.05, 0.1) is 24.9 Å². The quantitative estimate of drug-likeness (QED) is 0.745. The summed E-state index contributed by atoms with van der Waals surface area (Å²) in [6, 6.07) is 10.1. The molecule has 2 aromatic carbocycles. The van der Waals surface area contributed by atoms with Crippen molar-refractivity contribution < 1.29 is 19.0 Å². The standard InChI is InChI=1S/C18H19Cl2NO4/c1-4-15(25-12-7-5-6-11(19)8-12)18(22)21-14-10-16(23-2)13(20)9-17(14)24-3/h5-10,15H,4H2,1-3H3,(H,21,22). The maximum Gasteiger partial charge on any atom is 0.265 e. The first-order chi connectivity index (χ1) is 12.0. The molecule has 0 heterocycles. The number of hydrogen-bond donors (Lipinski definition) is 1. The zero-order chi connectivity index (χ0) is 18.4. The summed E-state index contributed by atoms with van der Waals surface area (Å²) in [7, 11) is 2.99. The van der Waals surface area contributed by atoms with E-state index in [-0.39, 0.29) is 5.91 Å². The summed E-state index contributed by atoms with van der Waals surface area (Å²) in [5.74, 6) is 1.07. The SMILES string of the molecule is CCC(Oc1cccc(Cl)c1)C(=O)Nc1cc(OC)c(Cl)cc1OC. The Hall–Kier alpha value is -2.11. The Kier molecular flexibility index (Phi) is 6.79. The number of ether oxygens (including phenoxy) is 3. The molecule has 0 fully saturated rings. The van der Waals surface area contributed by atoms with Gasteiger partial charge in [-0.15, -0.1) is 0 Å². The number of carbonyl (C=O) groups excluding carboxylic acids is 1. The summed E-state index contributed by atoms with van der Waals surface area (Å²) in [5, 5.41) is 3.72. The minimum atomic E-state index is -0.690. The molecule has 0 aliphatic carbocycles. The van der Waals surface area contributed by atoms with Crippen LogP contribution in [0.5, 0.6) is 17.2 Å². The van der Waals surface area contributed by atoms with E-state index in [0.29, 0.717) is 39.4 Å². The van der Waals surface area contributed by atoms with Crippen LogP contribution in [0.15, 0.2) is 36.4 Å². The van der Waals surface area contributed by atoms with E-state index >= 15 is 0 Å². The second kappa shape index (κ2) is 8.83. The highest BCUT2D eigenvalue weighted by atomic mass is 35.5. The van der Waals surface area contributed by atoms with E-state index in [1.54, 1.807) is 36.4 Å². The number of carbonyl (C=O) groups is 1. The molecule has 7 heteroatoms. The van der Waals surface area contributed by atoms with Gasteiger partial charge in [0.25, 0.3) is 5.91 Å². The van der Waals surface area contributed by atoms with Gasteiger partial charge in [-0.3, -0.25) is 4.79 Å². The molecule has 0 saturated carbocycles. The monoisotopic (exact) mass is 383 g/mol. The van der Waals surface area contributed by atoms with Gasteiger partial charge >= 0.3 is 0 Å². The van der Waals surface area contributed by atoms with E-state index in [2.05, 4.69) is 5.32 Å². The summed E-state index contributed by atoms with van der Waals surface area (Å²) in [6.07, 6.45) is -0.212. The molecule has 0 aromatic heterocycles. The van der Waals surface area contributed by atoms with Gasteiger partial charge in [0, 0.05) is 17.2 Å². The Morgan fingerprint density at radius 1 is 1.12 bits per heavy atom. The first-order valence-corrected chi connectivity index (χ1v) is 8.38. The number of amides is 1. The molecular weight excluding hydrogens is 365 g/mol. The summed E-state index contributed by atoms with van der Waals surface area (Å²) >= 11 is 12.0. The highest BCUT2D eigenvalue weighted by Crippen LogP contribution is 2.36. The Balaban J connectivity index is 2.19. The average molecular weight is 384 g/mol. The van der Waals surface area contributed by atoms with Crippen molar-refractivity contribution in [2.24, 2.45) is 0 Å². The first-order valence-electron chi connectivity index (χ1n) is 7.63. The fourth-order valence-electron chi connectivity index (χ4n) is 2.20. The lowest BCUT2D eigenvalue weighted by Crippen LogP contribution is -2.32. The number of methoxy groups -OCH3 is 2. The van der Waals surface area contributed by atoms with Gasteiger partial charge in [0.2, 0.25) is 0 Å². The largest absolute Gasteiger partial charge is 0.495 e. The topological polar surface area (TPSA) is 56.8 Å². The van der Waals surface area contributed by atoms with Crippen molar-refractivity contribution >= 4 is 34.8 Å². The van der Waals surface area contributed by atoms with Gasteiger partial charge in [0.15, 0.2) is 6.10 Å². The average Bonchev–Trinajstić information content (AvgIpc) is 2.60. The van der Waals surface area contributed by atoms with E-state index < -0.39 is 6.10 Å². The normalized spacial score (nSPS) is 11.6. The molecule has 0 aliphatic rings. The number of benzene rings is 2. The fourth-order valence-corrected chi connectivity index (χ4v) is 2.61. The third kappa shape index (κ3) is 4.94. The van der Waals surface area contributed by atoms with Crippen LogP contribution in [0.3, 0.4) is 0 Å². The molecule has 0 saturated heterocycles. The molecule has 1 unspecified atom stereocenters. The molecular formula is C18H19Cl2NO4. The van der Waals surface area contributed by atoms with Crippen LogP contribution in [0.25, 0.3) is 0 Å². The third-order valence-electron chi connectivity index (χ3n) is 3.47. The van der Waals surface area contributed by atoms with Gasteiger partial charge in [-0.1, -0.05) is 36.2 Å². The van der Waals surface area contributed by atoms with E-state index in [0.717, 1.165) is 0 Å². The molecule has 134 valence electrons. The van der Waals surface area contributed by atoms with E-state index in [1.807, 2.05) is 6.92 Å². The van der Waals surface area contributed by atoms with Gasteiger partial charge in [-0.25, -0.2) is 0 Å². The Bertz CT molecular complexity index is 752. The van der Waals surface area contributed by atoms with E-state index in [9.17, 15) is 4.79 Å². The van der Waals surface area contributed by atoms with Crippen LogP contribution in [-0.4, -0.2) is 26.2 Å². The maximum atomic E-state index is 12.6. The predicted octanol–water partition coefficient (Wildman–Crippen LogP) is 4.81. The summed E-state index contributed by atoms with van der Waals surface area (Å²) in [6.45, 7) is 1.86. The minimum absolute atomic E-state index is 0.315. The molecule has 1 N–H and O–H groups in total. The lowest BCUT2D eigenvalue weighted by atomic mass is 10.2. The summed E-state index contributed by atoms with van der Waals surface area (Å²) in [5.41, 5.74) is 0.446. The van der Waals surface area contributed by atoms with Crippen LogP contribution in [0, 0.1) is 0 Å². The summed E-state index contributed by atoms with van der Waals surface area (Å²) in [4.78, 5) is 12.6. The fraction of sp³-hybridized carbons (Fsp3) is 0.278. The smallest absolute Gasteiger partial charge is 0.265 e. The van der Waals surface area contributed by atoms with Crippen LogP contribution in [0.1, 0.15) is 13.3 Å². The van der Waals surface area contributed by atoms with E-state index in [1.165, 1.54) is 14.2 Å². The van der Waals surface area contributed by atoms with Crippen LogP contribution >= 0.6 is 23.2 Å². The molecule has 25 heavy (non-hydrogen) atoms. The van der Waals surface area contributed by atoms with E-state index in [4.69, 9.17) is 37.4 Å². The van der Waals surface area contributed by atoms with Gasteiger partial charge in [-0.05, 0) is 24.6 Å². The molecule has 0 aliphatic heterocycles. The number of nitrogens with one attached hydrogen (secondary N) is 1. The lowest BCUT2D eigenvalue weighted by molar-refractivity contribution is -0.122. The zero-order valence-electron chi connectivity index (χ0n) is 14.1. The van der Waals surface area contributed by atoms with Crippen molar-refractivity contribution in [1.82, 2.24) is 0 Å². The van der Waals surface area contributed by atoms with Gasteiger partial charge in [-0.2, -0.15) is 0 Å². The Morgan fingerprint density at radius 2 is 1.84 bits per heavy atom. The second-order valence-electron chi connectivity index (χ2n) is 5.15. The van der Waals surface area contributed by atoms with Crippen molar-refractivity contribution in [2.45, 2.75) is 19.4 Å². The molecule has 0 spiro atoms. The Morgan fingerprint density at radius 3 is 2.44 bits per heavy atom. The number of anilines is 1. The molecule has 2 aromatic rings. The van der Waals surface area contributed by atoms with Crippen molar-refractivity contribution in [2.75, 3.05) is 19.5 Å². The predicted molar refractivity (Wildman–Crippen MR) is 99.3 cm³/mol. The van der Waals surface area contributed by atoms with Crippen LogP contribution in [0.4, 0.5) is 5.69 Å². The number of rotatable bonds is 7. The lowest BCUT2D eigenvalue weighted by Gasteiger charge is -2.19. The highest BCUT2D eigenvalue weighted by Gasteiger charge is 2.21. The molecule has 1 atom stereocenters. The molecule has 1 amide bonds. The molecule has 5 nitrogen and oxygen atoms in total. The number of hydrogen-bond acceptors (Lipinski definition) is 4. The highest BCUT2D eigenvalue weighted by molar-refractivity contribution is 6.32. The van der Waals surface area contributed by atoms with Crippen molar-refractivity contribution in [3.8, 4) is 17.2 Å². The zero-order valence-corrected chi connectivity index (χ0v) is 15.6. The van der Waals surface area contributed by atoms with Crippen LogP contribution in [-0.2, 0) is 4.79 Å². The van der Waals surface area contributed by atoms with Gasteiger partial charge < -0.3 is 19.5 Å². The van der Waals surface area contributed by atoms with Crippen molar-refractivity contribution in [3.63, 3.8) is 0 Å². The van der Waals surface area contributed by atoms with Crippen LogP contribution in [0.2, 0.25) is 10.0 Å². The molecule has 2 rings (SSSR count). The maximum absolute atomic E-state index is 12.6. The second-order valence-corrected chi connectivity index (χ2v) is 5.99. The third-order valence-corrected chi connectivity index (χ3v) is 4.00. The van der Waals surface area contributed by atoms with Gasteiger partial charge in [0.1, 0.15) is 17.2 Å². The number of halogens is 2. The minimum Gasteiger partial charge on any atom is -0.495 e. The van der Waals surface area contributed by atoms with Crippen molar-refractivity contribution in [3.05, 3.63) is 46.4 Å². The molecule has 0 bridgehead atoms. The molecule has 0 radical (unpaired) electrons. The van der Waals surface area contributed by atoms with Crippen molar-refractivity contribution in [1.29, 1.82) is 0 Å². The van der Waals surface area contributed by atoms with Crippen LogP contribution < -0.4 is 19.5 Å².